The molecule has 0 bridgehead atoms. The molecule has 1 aromatic heterocycles. The number of fused-ring (bicyclic) bond motifs is 1. The highest BCUT2D eigenvalue weighted by Crippen LogP contribution is 2.34. The van der Waals surface area contributed by atoms with Crippen molar-refractivity contribution in [2.24, 2.45) is 0 Å². The predicted octanol–water partition coefficient (Wildman–Crippen LogP) is 3.29. The van der Waals surface area contributed by atoms with Gasteiger partial charge in [0.05, 0.1) is 31.0 Å². The van der Waals surface area contributed by atoms with Crippen LogP contribution in [0.2, 0.25) is 0 Å². The van der Waals surface area contributed by atoms with Gasteiger partial charge in [0.1, 0.15) is 11.4 Å². The van der Waals surface area contributed by atoms with E-state index in [-0.39, 0.29) is 5.69 Å². The molecule has 1 amide bonds. The average Bonchev–Trinajstić information content (AvgIpc) is 3.37. The minimum Gasteiger partial charge on any atom is -0.493 e. The maximum atomic E-state index is 12.4. The third kappa shape index (κ3) is 4.74. The van der Waals surface area contributed by atoms with Crippen molar-refractivity contribution < 1.29 is 17.9 Å². The van der Waals surface area contributed by atoms with Crippen molar-refractivity contribution in [3.05, 3.63) is 69.7 Å². The van der Waals surface area contributed by atoms with E-state index in [0.29, 0.717) is 28.7 Å². The van der Waals surface area contributed by atoms with Gasteiger partial charge in [-0.3, -0.25) is 4.79 Å². The Kier molecular flexibility index (Phi) is 5.86. The molecular weight excluding hydrogens is 448 g/mol. The van der Waals surface area contributed by atoms with Crippen LogP contribution in [0.1, 0.15) is 32.1 Å². The molecule has 4 rings (SSSR count). The van der Waals surface area contributed by atoms with Crippen LogP contribution in [-0.2, 0) is 23.0 Å². The number of sulfonamides is 1. The van der Waals surface area contributed by atoms with Crippen LogP contribution in [0.15, 0.2) is 42.5 Å². The first-order chi connectivity index (χ1) is 15.2. The van der Waals surface area contributed by atoms with Crippen LogP contribution in [0.3, 0.4) is 0 Å². The van der Waals surface area contributed by atoms with E-state index in [1.165, 1.54) is 11.3 Å². The number of nitriles is 1. The number of carbonyl (C=O) groups is 1. The summed E-state index contributed by atoms with van der Waals surface area (Å²) in [5, 5.41) is 9.67. The van der Waals surface area contributed by atoms with Crippen LogP contribution in [0.25, 0.3) is 0 Å². The molecule has 0 saturated heterocycles. The smallest absolute Gasteiger partial charge is 0.284 e. The predicted molar refractivity (Wildman–Crippen MR) is 122 cm³/mol. The number of hydrogen-bond acceptors (Lipinski definition) is 8. The molecule has 0 aliphatic carbocycles. The van der Waals surface area contributed by atoms with Gasteiger partial charge in [-0.2, -0.15) is 5.26 Å². The largest absolute Gasteiger partial charge is 0.493 e. The van der Waals surface area contributed by atoms with Crippen LogP contribution in [0.5, 0.6) is 5.75 Å². The number of nitrogens with one attached hydrogen (secondary N) is 1. The Hall–Kier alpha value is -3.42. The molecule has 1 aliphatic rings. The highest BCUT2D eigenvalue weighted by Gasteiger charge is 2.23. The van der Waals surface area contributed by atoms with Crippen molar-refractivity contribution in [3.63, 3.8) is 0 Å². The van der Waals surface area contributed by atoms with Crippen molar-refractivity contribution in [1.29, 1.82) is 5.26 Å². The van der Waals surface area contributed by atoms with E-state index in [1.54, 1.807) is 19.1 Å². The Bertz CT molecular complexity index is 1320. The van der Waals surface area contributed by atoms with E-state index in [4.69, 9.17) is 10.00 Å². The summed E-state index contributed by atoms with van der Waals surface area (Å²) in [7, 11) is -3.70. The summed E-state index contributed by atoms with van der Waals surface area (Å²) in [5.41, 5.74) is 3.58. The molecule has 32 heavy (non-hydrogen) atoms. The summed E-state index contributed by atoms with van der Waals surface area (Å²) < 4.78 is 30.5. The fourth-order valence-corrected chi connectivity index (χ4v) is 4.79. The maximum absolute atomic E-state index is 12.4. The summed E-state index contributed by atoms with van der Waals surface area (Å²) in [6.07, 6.45) is 1.78. The lowest BCUT2D eigenvalue weighted by molar-refractivity contribution is 0.0977. The fraction of sp³-hybridized carbons (Fsp3) is 0.227. The molecular formula is C22H20N4O4S2. The molecule has 0 radical (unpaired) electrons. The van der Waals surface area contributed by atoms with Crippen LogP contribution >= 0.6 is 11.3 Å². The van der Waals surface area contributed by atoms with Gasteiger partial charge in [0.2, 0.25) is 10.0 Å². The maximum Gasteiger partial charge on any atom is 0.284 e. The highest BCUT2D eigenvalue weighted by molar-refractivity contribution is 7.89. The Labute approximate surface area is 190 Å². The van der Waals surface area contributed by atoms with E-state index in [9.17, 15) is 13.2 Å². The van der Waals surface area contributed by atoms with Crippen molar-refractivity contribution in [2.45, 2.75) is 19.9 Å². The first-order valence-electron chi connectivity index (χ1n) is 9.75. The summed E-state index contributed by atoms with van der Waals surface area (Å²) in [4.78, 5) is 19.4. The number of benzene rings is 2. The lowest BCUT2D eigenvalue weighted by Crippen LogP contribution is -2.30. The van der Waals surface area contributed by atoms with Crippen molar-refractivity contribution in [3.8, 4) is 11.8 Å². The highest BCUT2D eigenvalue weighted by atomic mass is 32.2. The molecule has 8 nitrogen and oxygen atoms in total. The topological polar surface area (TPSA) is 112 Å². The zero-order valence-electron chi connectivity index (χ0n) is 17.5. The molecule has 0 fully saturated rings. The molecule has 2 aromatic carbocycles. The number of aromatic nitrogens is 1. The lowest BCUT2D eigenvalue weighted by atomic mass is 10.1. The number of rotatable bonds is 6. The van der Waals surface area contributed by atoms with Crippen LogP contribution in [-0.4, -0.2) is 32.2 Å². The van der Waals surface area contributed by atoms with Crippen molar-refractivity contribution in [2.75, 3.05) is 17.8 Å². The zero-order valence-corrected chi connectivity index (χ0v) is 19.1. The van der Waals surface area contributed by atoms with Gasteiger partial charge in [0, 0.05) is 17.0 Å². The molecule has 164 valence electrons. The van der Waals surface area contributed by atoms with Crippen molar-refractivity contribution in [1.82, 2.24) is 9.71 Å². The van der Waals surface area contributed by atoms with Crippen LogP contribution < -0.4 is 14.4 Å². The standard InChI is InChI=1S/C22H20N4O4S2/c1-14-20(21(27)25-32(2,28)29)24-22(31-14)26(18-6-3-15(12-23)4-7-18)13-16-5-8-19-17(11-16)9-10-30-19/h3-8,11H,9-10,13H2,1-2H3,(H,25,27). The van der Waals surface area contributed by atoms with E-state index in [2.05, 4.69) is 17.1 Å². The SMILES string of the molecule is Cc1sc(N(Cc2ccc3c(c2)CCO3)c2ccc(C#N)cc2)nc1C(=O)NS(C)(=O)=O. The quantitative estimate of drug-likeness (QED) is 0.591. The Morgan fingerprint density at radius 2 is 2.03 bits per heavy atom. The molecule has 0 saturated carbocycles. The fourth-order valence-electron chi connectivity index (χ4n) is 3.43. The number of amides is 1. The second kappa shape index (κ2) is 8.61. The zero-order chi connectivity index (χ0) is 22.9. The molecule has 0 spiro atoms. The number of aryl methyl sites for hydroxylation is 1. The van der Waals surface area contributed by atoms with Gasteiger partial charge >= 0.3 is 0 Å². The van der Waals surface area contributed by atoms with Gasteiger partial charge in [-0.1, -0.05) is 12.1 Å². The summed E-state index contributed by atoms with van der Waals surface area (Å²) in [6, 6.07) is 15.2. The first kappa shape index (κ1) is 21.8. The normalized spacial score (nSPS) is 12.5. The Balaban J connectivity index is 1.71. The molecule has 0 atom stereocenters. The molecule has 1 aliphatic heterocycles. The van der Waals surface area contributed by atoms with Gasteiger partial charge in [0.25, 0.3) is 5.91 Å². The molecule has 10 heteroatoms. The molecule has 0 unspecified atom stereocenters. The minimum atomic E-state index is -3.70. The second-order valence-corrected chi connectivity index (χ2v) is 10.3. The molecule has 2 heterocycles. The third-order valence-corrected chi connectivity index (χ3v) is 6.46. The van der Waals surface area contributed by atoms with Gasteiger partial charge in [-0.05, 0) is 48.4 Å². The number of nitrogens with zero attached hydrogens (tertiary/aromatic N) is 3. The van der Waals surface area contributed by atoms with Gasteiger partial charge in [-0.25, -0.2) is 18.1 Å². The molecule has 3 aromatic rings. The number of hydrogen-bond donors (Lipinski definition) is 1. The first-order valence-corrected chi connectivity index (χ1v) is 12.5. The van der Waals surface area contributed by atoms with Crippen LogP contribution in [0.4, 0.5) is 10.8 Å². The van der Waals surface area contributed by atoms with Gasteiger partial charge < -0.3 is 9.64 Å². The van der Waals surface area contributed by atoms with E-state index < -0.39 is 15.9 Å². The Morgan fingerprint density at radius 3 is 2.72 bits per heavy atom. The van der Waals surface area contributed by atoms with Crippen molar-refractivity contribution >= 4 is 38.1 Å². The number of ether oxygens (including phenoxy) is 1. The summed E-state index contributed by atoms with van der Waals surface area (Å²) in [6.45, 7) is 2.87. The lowest BCUT2D eigenvalue weighted by Gasteiger charge is -2.22. The number of thiazole rings is 1. The third-order valence-electron chi connectivity index (χ3n) is 4.91. The summed E-state index contributed by atoms with van der Waals surface area (Å²) in [5.74, 6) is 0.130. The van der Waals surface area contributed by atoms with Gasteiger partial charge in [0.15, 0.2) is 5.13 Å². The van der Waals surface area contributed by atoms with Crippen LogP contribution in [0, 0.1) is 18.3 Å². The van der Waals surface area contributed by atoms with Gasteiger partial charge in [-0.15, -0.1) is 11.3 Å². The second-order valence-electron chi connectivity index (χ2n) is 7.39. The minimum absolute atomic E-state index is 0.0661. The monoisotopic (exact) mass is 468 g/mol. The van der Waals surface area contributed by atoms with E-state index in [0.717, 1.165) is 35.2 Å². The Morgan fingerprint density at radius 1 is 1.28 bits per heavy atom. The number of carbonyl (C=O) groups excluding carboxylic acids is 1. The molecule has 1 N–H and O–H groups in total. The average molecular weight is 469 g/mol. The van der Waals surface area contributed by atoms with E-state index >= 15 is 0 Å². The number of anilines is 2. The summed E-state index contributed by atoms with van der Waals surface area (Å²) >= 11 is 1.30. The van der Waals surface area contributed by atoms with E-state index in [1.807, 2.05) is 33.9 Å².